The van der Waals surface area contributed by atoms with E-state index in [4.69, 9.17) is 0 Å². The first-order chi connectivity index (χ1) is 17.9. The Hall–Kier alpha value is -4.43. The topological polar surface area (TPSA) is 115 Å². The summed E-state index contributed by atoms with van der Waals surface area (Å²) in [6.07, 6.45) is 2.25. The molecule has 37 heavy (non-hydrogen) atoms. The van der Waals surface area contributed by atoms with Gasteiger partial charge >= 0.3 is 0 Å². The van der Waals surface area contributed by atoms with E-state index >= 15 is 0 Å². The second-order valence-corrected chi connectivity index (χ2v) is 10.2. The number of fused-ring (bicyclic) bond motifs is 5. The van der Waals surface area contributed by atoms with Crippen LogP contribution in [0.2, 0.25) is 0 Å². The van der Waals surface area contributed by atoms with Gasteiger partial charge in [0.05, 0.1) is 17.5 Å². The SMILES string of the molecule is Cc1ccc2c(c1)[C@@]1(N[C@@H](Cc3c[nH]c4ccc(O)cc34)[C@H]3C(=O)N(c4ccccc4)C(=O)[C@H]31)C(=O)N2. The predicted molar refractivity (Wildman–Crippen MR) is 138 cm³/mol. The van der Waals surface area contributed by atoms with Gasteiger partial charge < -0.3 is 15.4 Å². The molecule has 3 aliphatic heterocycles. The zero-order valence-electron chi connectivity index (χ0n) is 20.0. The second kappa shape index (κ2) is 7.54. The van der Waals surface area contributed by atoms with Gasteiger partial charge in [-0.25, -0.2) is 4.90 Å². The molecule has 7 rings (SSSR count). The first kappa shape index (κ1) is 21.8. The van der Waals surface area contributed by atoms with Gasteiger partial charge in [0.15, 0.2) is 0 Å². The number of aromatic amines is 1. The lowest BCUT2D eigenvalue weighted by Crippen LogP contribution is -2.53. The van der Waals surface area contributed by atoms with Crippen LogP contribution in [0.4, 0.5) is 11.4 Å². The van der Waals surface area contributed by atoms with Crippen molar-refractivity contribution in [2.24, 2.45) is 11.8 Å². The molecule has 4 N–H and O–H groups in total. The number of hydrogen-bond donors (Lipinski definition) is 4. The molecule has 2 saturated heterocycles. The molecule has 0 saturated carbocycles. The van der Waals surface area contributed by atoms with Crippen LogP contribution in [-0.2, 0) is 26.3 Å². The number of amides is 3. The number of imide groups is 1. The van der Waals surface area contributed by atoms with Crippen molar-refractivity contribution in [3.63, 3.8) is 0 Å². The van der Waals surface area contributed by atoms with Crippen LogP contribution in [0.1, 0.15) is 16.7 Å². The van der Waals surface area contributed by atoms with Gasteiger partial charge in [0.2, 0.25) is 17.7 Å². The number of H-pyrrole nitrogens is 1. The van der Waals surface area contributed by atoms with Gasteiger partial charge in [-0.15, -0.1) is 0 Å². The van der Waals surface area contributed by atoms with Gasteiger partial charge in [0.1, 0.15) is 11.3 Å². The van der Waals surface area contributed by atoms with E-state index in [9.17, 15) is 19.5 Å². The number of nitrogens with one attached hydrogen (secondary N) is 3. The summed E-state index contributed by atoms with van der Waals surface area (Å²) in [7, 11) is 0. The van der Waals surface area contributed by atoms with Crippen molar-refractivity contribution < 1.29 is 19.5 Å². The molecule has 3 amide bonds. The molecule has 4 heterocycles. The Labute approximate surface area is 212 Å². The smallest absolute Gasteiger partial charge is 0.250 e. The summed E-state index contributed by atoms with van der Waals surface area (Å²) in [6, 6.07) is 19.2. The molecule has 0 unspecified atom stereocenters. The number of anilines is 2. The maximum atomic E-state index is 14.1. The van der Waals surface area contributed by atoms with Gasteiger partial charge in [-0.1, -0.05) is 35.9 Å². The van der Waals surface area contributed by atoms with E-state index in [-0.39, 0.29) is 23.5 Å². The number of hydrogen-bond acceptors (Lipinski definition) is 5. The fraction of sp³-hybridized carbons (Fsp3) is 0.207. The minimum absolute atomic E-state index is 0.143. The molecule has 8 heteroatoms. The summed E-state index contributed by atoms with van der Waals surface area (Å²) in [5.74, 6) is -2.51. The summed E-state index contributed by atoms with van der Waals surface area (Å²) >= 11 is 0. The number of phenols is 1. The third kappa shape index (κ3) is 2.90. The van der Waals surface area contributed by atoms with Gasteiger partial charge in [-0.05, 0) is 55.3 Å². The van der Waals surface area contributed by atoms with Crippen molar-refractivity contribution in [2.75, 3.05) is 10.2 Å². The molecule has 184 valence electrons. The second-order valence-electron chi connectivity index (χ2n) is 10.2. The average molecular weight is 493 g/mol. The summed E-state index contributed by atoms with van der Waals surface area (Å²) in [5.41, 5.74) is 3.19. The first-order valence-electron chi connectivity index (χ1n) is 12.3. The molecule has 1 spiro atoms. The molecular weight excluding hydrogens is 468 g/mol. The Morgan fingerprint density at radius 3 is 2.59 bits per heavy atom. The Kier molecular flexibility index (Phi) is 4.44. The number of nitrogens with zero attached hydrogens (tertiary/aromatic N) is 1. The van der Waals surface area contributed by atoms with E-state index in [1.807, 2.05) is 37.4 Å². The summed E-state index contributed by atoms with van der Waals surface area (Å²) < 4.78 is 0. The highest BCUT2D eigenvalue weighted by atomic mass is 16.3. The van der Waals surface area contributed by atoms with Crippen LogP contribution in [0.25, 0.3) is 10.9 Å². The van der Waals surface area contributed by atoms with Crippen molar-refractivity contribution in [1.29, 1.82) is 0 Å². The molecular formula is C29H24N4O4. The molecule has 4 aromatic rings. The van der Waals surface area contributed by atoms with E-state index < -0.39 is 23.4 Å². The van der Waals surface area contributed by atoms with Crippen LogP contribution in [0, 0.1) is 18.8 Å². The van der Waals surface area contributed by atoms with E-state index in [2.05, 4.69) is 15.6 Å². The van der Waals surface area contributed by atoms with Gasteiger partial charge in [-0.2, -0.15) is 0 Å². The first-order valence-corrected chi connectivity index (χ1v) is 12.3. The third-order valence-corrected chi connectivity index (χ3v) is 8.08. The number of aryl methyl sites for hydroxylation is 1. The number of carbonyl (C=O) groups excluding carboxylic acids is 3. The quantitative estimate of drug-likeness (QED) is 0.328. The van der Waals surface area contributed by atoms with E-state index in [1.165, 1.54) is 4.90 Å². The number of aromatic nitrogens is 1. The number of aromatic hydroxyl groups is 1. The summed E-state index contributed by atoms with van der Waals surface area (Å²) in [4.78, 5) is 46.2. The highest BCUT2D eigenvalue weighted by Gasteiger charge is 2.70. The Bertz CT molecular complexity index is 1630. The maximum absolute atomic E-state index is 14.1. The van der Waals surface area contributed by atoms with Crippen molar-refractivity contribution in [2.45, 2.75) is 24.9 Å². The number of benzene rings is 3. The lowest BCUT2D eigenvalue weighted by molar-refractivity contribution is -0.130. The summed E-state index contributed by atoms with van der Waals surface area (Å²) in [5, 5.41) is 17.4. The monoisotopic (exact) mass is 492 g/mol. The van der Waals surface area contributed by atoms with Gasteiger partial charge in [-0.3, -0.25) is 19.7 Å². The molecule has 0 aliphatic carbocycles. The van der Waals surface area contributed by atoms with Crippen molar-refractivity contribution in [1.82, 2.24) is 10.3 Å². The molecule has 2 fully saturated rings. The maximum Gasteiger partial charge on any atom is 0.250 e. The van der Waals surface area contributed by atoms with Crippen LogP contribution in [0.5, 0.6) is 5.75 Å². The van der Waals surface area contributed by atoms with Crippen LogP contribution >= 0.6 is 0 Å². The molecule has 1 aromatic heterocycles. The zero-order valence-corrected chi connectivity index (χ0v) is 20.0. The Morgan fingerprint density at radius 1 is 0.973 bits per heavy atom. The fourth-order valence-electron chi connectivity index (χ4n) is 6.49. The Balaban J connectivity index is 1.39. The summed E-state index contributed by atoms with van der Waals surface area (Å²) in [6.45, 7) is 1.94. The molecule has 0 bridgehead atoms. The molecule has 8 nitrogen and oxygen atoms in total. The van der Waals surface area contributed by atoms with Gasteiger partial charge in [0.25, 0.3) is 0 Å². The number of phenolic OH excluding ortho intramolecular Hbond substituents is 1. The van der Waals surface area contributed by atoms with Crippen LogP contribution in [0.3, 0.4) is 0 Å². The molecule has 3 aliphatic rings. The lowest BCUT2D eigenvalue weighted by Gasteiger charge is -2.29. The fourth-order valence-corrected chi connectivity index (χ4v) is 6.49. The van der Waals surface area contributed by atoms with Crippen molar-refractivity contribution >= 4 is 40.0 Å². The van der Waals surface area contributed by atoms with E-state index in [0.717, 1.165) is 22.0 Å². The minimum atomic E-state index is -1.36. The van der Waals surface area contributed by atoms with Crippen LogP contribution in [-0.4, -0.2) is 33.9 Å². The molecule has 3 aromatic carbocycles. The standard InChI is InChI=1S/C29H24N4O4/c1-15-7-9-22-20(11-15)29(28(37)31-22)25-24(26(35)33(27(25)36)17-5-3-2-4-6-17)23(32-29)12-16-14-30-21-10-8-18(34)13-19(16)21/h2-11,13-14,23-25,30,32,34H,12H2,1H3,(H,31,37)/t23-,24+,25-,29-/m0/s1. The number of rotatable bonds is 3. The zero-order chi connectivity index (χ0) is 25.5. The van der Waals surface area contributed by atoms with Crippen LogP contribution < -0.4 is 15.5 Å². The van der Waals surface area contributed by atoms with Crippen molar-refractivity contribution in [3.05, 3.63) is 89.6 Å². The molecule has 4 atom stereocenters. The minimum Gasteiger partial charge on any atom is -0.508 e. The van der Waals surface area contributed by atoms with Gasteiger partial charge in [0, 0.05) is 34.4 Å². The van der Waals surface area contributed by atoms with E-state index in [0.29, 0.717) is 23.4 Å². The lowest BCUT2D eigenvalue weighted by atomic mass is 9.76. The number of carbonyl (C=O) groups is 3. The Morgan fingerprint density at radius 2 is 1.78 bits per heavy atom. The predicted octanol–water partition coefficient (Wildman–Crippen LogP) is 3.35. The van der Waals surface area contributed by atoms with Crippen LogP contribution in [0.15, 0.2) is 72.9 Å². The number of para-hydroxylation sites is 1. The normalized spacial score (nSPS) is 26.2. The highest BCUT2D eigenvalue weighted by molar-refractivity contribution is 6.25. The van der Waals surface area contributed by atoms with E-state index in [1.54, 1.807) is 42.5 Å². The third-order valence-electron chi connectivity index (χ3n) is 8.08. The largest absolute Gasteiger partial charge is 0.508 e. The van der Waals surface area contributed by atoms with Crippen molar-refractivity contribution in [3.8, 4) is 5.75 Å². The highest BCUT2D eigenvalue weighted by Crippen LogP contribution is 2.54. The average Bonchev–Trinajstić information content (AvgIpc) is 3.59. The molecule has 0 radical (unpaired) electrons.